The first-order valence-electron chi connectivity index (χ1n) is 8.40. The summed E-state index contributed by atoms with van der Waals surface area (Å²) >= 11 is 0. The minimum atomic E-state index is -0.162. The van der Waals surface area contributed by atoms with E-state index in [9.17, 15) is 9.18 Å². The Morgan fingerprint density at radius 3 is 2.87 bits per heavy atom. The van der Waals surface area contributed by atoms with Crippen molar-refractivity contribution in [3.05, 3.63) is 35.6 Å². The van der Waals surface area contributed by atoms with Crippen LogP contribution in [0, 0.1) is 11.7 Å². The van der Waals surface area contributed by atoms with E-state index in [0.29, 0.717) is 25.6 Å². The van der Waals surface area contributed by atoms with E-state index >= 15 is 0 Å². The van der Waals surface area contributed by atoms with Gasteiger partial charge in [0, 0.05) is 20.3 Å². The molecule has 0 unspecified atom stereocenters. The normalized spacial score (nSPS) is 16.4. The van der Waals surface area contributed by atoms with E-state index in [4.69, 9.17) is 4.74 Å². The molecule has 1 aromatic carbocycles. The summed E-state index contributed by atoms with van der Waals surface area (Å²) in [6.07, 6.45) is 3.90. The minimum Gasteiger partial charge on any atom is -0.385 e. The number of ether oxygens (including phenoxy) is 1. The van der Waals surface area contributed by atoms with Gasteiger partial charge in [-0.15, -0.1) is 0 Å². The fraction of sp³-hybridized carbons (Fsp3) is 0.611. The van der Waals surface area contributed by atoms with Crippen LogP contribution in [-0.2, 0) is 16.0 Å². The first kappa shape index (κ1) is 17.9. The summed E-state index contributed by atoms with van der Waals surface area (Å²) in [6.45, 7) is 3.69. The van der Waals surface area contributed by atoms with E-state index in [0.717, 1.165) is 44.3 Å². The largest absolute Gasteiger partial charge is 0.385 e. The molecule has 0 atom stereocenters. The Kier molecular flexibility index (Phi) is 7.49. The van der Waals surface area contributed by atoms with Crippen molar-refractivity contribution in [1.29, 1.82) is 0 Å². The van der Waals surface area contributed by atoms with Gasteiger partial charge in [0.05, 0.1) is 6.54 Å². The van der Waals surface area contributed by atoms with Crippen molar-refractivity contribution in [3.63, 3.8) is 0 Å². The van der Waals surface area contributed by atoms with Crippen LogP contribution in [0.4, 0.5) is 4.39 Å². The van der Waals surface area contributed by atoms with Crippen LogP contribution in [0.5, 0.6) is 0 Å². The average Bonchev–Trinajstić information content (AvgIpc) is 2.54. The van der Waals surface area contributed by atoms with Crippen LogP contribution in [0.1, 0.15) is 24.8 Å². The SMILES string of the molecule is COCCCNC(=O)CN1CCC(Cc2cccc(F)c2)CC1. The molecule has 1 heterocycles. The van der Waals surface area contributed by atoms with Crippen LogP contribution in [0.2, 0.25) is 0 Å². The number of carbonyl (C=O) groups is 1. The van der Waals surface area contributed by atoms with Crippen molar-refractivity contribution >= 4 is 5.91 Å². The number of amides is 1. The van der Waals surface area contributed by atoms with Gasteiger partial charge in [-0.2, -0.15) is 0 Å². The van der Waals surface area contributed by atoms with E-state index in [-0.39, 0.29) is 11.7 Å². The average molecular weight is 322 g/mol. The highest BCUT2D eigenvalue weighted by molar-refractivity contribution is 5.77. The van der Waals surface area contributed by atoms with Gasteiger partial charge in [0.1, 0.15) is 5.82 Å². The molecular formula is C18H27FN2O2. The van der Waals surface area contributed by atoms with E-state index in [1.54, 1.807) is 19.2 Å². The maximum absolute atomic E-state index is 13.2. The molecule has 4 nitrogen and oxygen atoms in total. The molecule has 1 aliphatic heterocycles. The Bertz CT molecular complexity index is 488. The lowest BCUT2D eigenvalue weighted by atomic mass is 9.90. The second-order valence-corrected chi connectivity index (χ2v) is 6.25. The van der Waals surface area contributed by atoms with Crippen molar-refractivity contribution in [1.82, 2.24) is 10.2 Å². The van der Waals surface area contributed by atoms with Gasteiger partial charge in [-0.25, -0.2) is 4.39 Å². The molecule has 1 fully saturated rings. The first-order chi connectivity index (χ1) is 11.2. The number of hydrogen-bond donors (Lipinski definition) is 1. The second kappa shape index (κ2) is 9.63. The summed E-state index contributed by atoms with van der Waals surface area (Å²) in [5.41, 5.74) is 1.07. The molecule has 1 saturated heterocycles. The van der Waals surface area contributed by atoms with Crippen molar-refractivity contribution in [2.75, 3.05) is 39.9 Å². The van der Waals surface area contributed by atoms with Gasteiger partial charge in [0.15, 0.2) is 0 Å². The van der Waals surface area contributed by atoms with Gasteiger partial charge < -0.3 is 10.1 Å². The molecule has 0 aromatic heterocycles. The fourth-order valence-corrected chi connectivity index (χ4v) is 3.05. The highest BCUT2D eigenvalue weighted by atomic mass is 19.1. The predicted octanol–water partition coefficient (Wildman–Crippen LogP) is 2.23. The lowest BCUT2D eigenvalue weighted by Gasteiger charge is -2.31. The molecule has 0 bridgehead atoms. The summed E-state index contributed by atoms with van der Waals surface area (Å²) < 4.78 is 18.2. The van der Waals surface area contributed by atoms with Gasteiger partial charge in [-0.1, -0.05) is 12.1 Å². The molecule has 1 amide bonds. The fourth-order valence-electron chi connectivity index (χ4n) is 3.05. The summed E-state index contributed by atoms with van der Waals surface area (Å²) in [5, 5.41) is 2.92. The second-order valence-electron chi connectivity index (χ2n) is 6.25. The molecule has 0 radical (unpaired) electrons. The molecule has 5 heteroatoms. The molecular weight excluding hydrogens is 295 g/mol. The molecule has 2 rings (SSSR count). The third kappa shape index (κ3) is 6.67. The summed E-state index contributed by atoms with van der Waals surface area (Å²) in [5.74, 6) is 0.507. The number of nitrogens with one attached hydrogen (secondary N) is 1. The van der Waals surface area contributed by atoms with Crippen LogP contribution < -0.4 is 5.32 Å². The quantitative estimate of drug-likeness (QED) is 0.746. The number of rotatable bonds is 8. The van der Waals surface area contributed by atoms with Crippen molar-refractivity contribution < 1.29 is 13.9 Å². The van der Waals surface area contributed by atoms with Crippen molar-refractivity contribution in [3.8, 4) is 0 Å². The third-order valence-corrected chi connectivity index (χ3v) is 4.34. The van der Waals surface area contributed by atoms with Crippen LogP contribution in [0.25, 0.3) is 0 Å². The zero-order chi connectivity index (χ0) is 16.5. The van der Waals surface area contributed by atoms with Crippen LogP contribution in [-0.4, -0.2) is 50.7 Å². The van der Waals surface area contributed by atoms with Crippen LogP contribution in [0.15, 0.2) is 24.3 Å². The molecule has 1 N–H and O–H groups in total. The molecule has 0 aliphatic carbocycles. The molecule has 128 valence electrons. The predicted molar refractivity (Wildman–Crippen MR) is 88.8 cm³/mol. The molecule has 1 aliphatic rings. The van der Waals surface area contributed by atoms with Gasteiger partial charge in [0.2, 0.25) is 5.91 Å². The summed E-state index contributed by atoms with van der Waals surface area (Å²) in [4.78, 5) is 14.1. The monoisotopic (exact) mass is 322 g/mol. The number of carbonyl (C=O) groups excluding carboxylic acids is 1. The molecule has 1 aromatic rings. The number of methoxy groups -OCH3 is 1. The minimum absolute atomic E-state index is 0.0877. The Morgan fingerprint density at radius 1 is 1.39 bits per heavy atom. The highest BCUT2D eigenvalue weighted by Crippen LogP contribution is 2.21. The van der Waals surface area contributed by atoms with Gasteiger partial charge in [0.25, 0.3) is 0 Å². The maximum Gasteiger partial charge on any atom is 0.234 e. The number of piperidine rings is 1. The van der Waals surface area contributed by atoms with E-state index in [1.165, 1.54) is 6.07 Å². The Morgan fingerprint density at radius 2 is 2.17 bits per heavy atom. The topological polar surface area (TPSA) is 41.6 Å². The van der Waals surface area contributed by atoms with E-state index < -0.39 is 0 Å². The van der Waals surface area contributed by atoms with Crippen molar-refractivity contribution in [2.24, 2.45) is 5.92 Å². The Labute approximate surface area is 138 Å². The summed E-state index contributed by atoms with van der Waals surface area (Å²) in [6, 6.07) is 6.87. The lowest BCUT2D eigenvalue weighted by Crippen LogP contribution is -2.42. The highest BCUT2D eigenvalue weighted by Gasteiger charge is 2.21. The number of halogens is 1. The Balaban J connectivity index is 1.64. The van der Waals surface area contributed by atoms with Gasteiger partial charge in [-0.05, 0) is 62.4 Å². The van der Waals surface area contributed by atoms with E-state index in [2.05, 4.69) is 10.2 Å². The van der Waals surface area contributed by atoms with E-state index in [1.807, 2.05) is 6.07 Å². The number of nitrogens with zero attached hydrogens (tertiary/aromatic N) is 1. The maximum atomic E-state index is 13.2. The molecule has 23 heavy (non-hydrogen) atoms. The first-order valence-corrected chi connectivity index (χ1v) is 8.40. The van der Waals surface area contributed by atoms with Gasteiger partial charge in [-0.3, -0.25) is 9.69 Å². The Hall–Kier alpha value is -1.46. The molecule has 0 saturated carbocycles. The smallest absolute Gasteiger partial charge is 0.234 e. The summed E-state index contributed by atoms with van der Waals surface area (Å²) in [7, 11) is 1.66. The zero-order valence-corrected chi connectivity index (χ0v) is 13.9. The number of likely N-dealkylation sites (tertiary alicyclic amines) is 1. The van der Waals surface area contributed by atoms with Crippen LogP contribution >= 0.6 is 0 Å². The van der Waals surface area contributed by atoms with Crippen LogP contribution in [0.3, 0.4) is 0 Å². The number of benzene rings is 1. The molecule has 0 spiro atoms. The van der Waals surface area contributed by atoms with Gasteiger partial charge >= 0.3 is 0 Å². The van der Waals surface area contributed by atoms with Crippen molar-refractivity contribution in [2.45, 2.75) is 25.7 Å². The number of hydrogen-bond acceptors (Lipinski definition) is 3. The third-order valence-electron chi connectivity index (χ3n) is 4.34. The standard InChI is InChI=1S/C18H27FN2O2/c1-23-11-3-8-20-18(22)14-21-9-6-15(7-10-21)12-16-4-2-5-17(19)13-16/h2,4-5,13,15H,3,6-12,14H2,1H3,(H,20,22). The zero-order valence-electron chi connectivity index (χ0n) is 13.9. The lowest BCUT2D eigenvalue weighted by molar-refractivity contribution is -0.122.